The van der Waals surface area contributed by atoms with Gasteiger partial charge in [0, 0.05) is 56.5 Å². The third kappa shape index (κ3) is 4.08. The Kier molecular flexibility index (Phi) is 5.62. The molecule has 2 aliphatic rings. The van der Waals surface area contributed by atoms with Crippen LogP contribution in [0.3, 0.4) is 0 Å². The summed E-state index contributed by atoms with van der Waals surface area (Å²) >= 11 is 0. The molecule has 1 saturated heterocycles. The van der Waals surface area contributed by atoms with Crippen LogP contribution in [0.15, 0.2) is 18.2 Å². The minimum Gasteiger partial charge on any atom is -0.396 e. The maximum absolute atomic E-state index is 13.9. The first-order valence-corrected chi connectivity index (χ1v) is 8.70. The molecule has 0 radical (unpaired) electrons. The van der Waals surface area contributed by atoms with Crippen LogP contribution in [0.1, 0.15) is 37.7 Å². The molecule has 1 heterocycles. The molecule has 0 spiro atoms. The first-order valence-electron chi connectivity index (χ1n) is 8.70. The second-order valence-electron chi connectivity index (χ2n) is 6.81. The third-order valence-electron chi connectivity index (χ3n) is 5.28. The summed E-state index contributed by atoms with van der Waals surface area (Å²) < 4.78 is 26.9. The molecule has 1 aromatic carbocycles. The maximum Gasteiger partial charge on any atom is 0.130 e. The fourth-order valence-electron chi connectivity index (χ4n) is 4.09. The summed E-state index contributed by atoms with van der Waals surface area (Å²) in [5.74, 6) is -1.00. The van der Waals surface area contributed by atoms with Crippen molar-refractivity contribution in [3.63, 3.8) is 0 Å². The molecule has 0 aromatic heterocycles. The fraction of sp³-hybridized carbons (Fsp3) is 0.667. The molecule has 0 unspecified atom stereocenters. The summed E-state index contributed by atoms with van der Waals surface area (Å²) in [5.41, 5.74) is 0.545. The van der Waals surface area contributed by atoms with Crippen LogP contribution in [0.2, 0.25) is 0 Å². The highest BCUT2D eigenvalue weighted by atomic mass is 19.1. The van der Waals surface area contributed by atoms with E-state index >= 15 is 0 Å². The smallest absolute Gasteiger partial charge is 0.130 e. The molecule has 3 rings (SSSR count). The van der Waals surface area contributed by atoms with Crippen LogP contribution in [-0.2, 0) is 6.54 Å². The second kappa shape index (κ2) is 7.69. The number of halogens is 2. The van der Waals surface area contributed by atoms with E-state index in [4.69, 9.17) is 0 Å². The van der Waals surface area contributed by atoms with E-state index in [2.05, 4.69) is 9.80 Å². The third-order valence-corrected chi connectivity index (χ3v) is 5.28. The first kappa shape index (κ1) is 16.8. The van der Waals surface area contributed by atoms with Crippen LogP contribution in [0.5, 0.6) is 0 Å². The topological polar surface area (TPSA) is 26.7 Å². The highest BCUT2D eigenvalue weighted by molar-refractivity contribution is 5.18. The highest BCUT2D eigenvalue weighted by Crippen LogP contribution is 2.28. The van der Waals surface area contributed by atoms with Crippen molar-refractivity contribution in [3.05, 3.63) is 35.4 Å². The van der Waals surface area contributed by atoms with Crippen LogP contribution in [0.25, 0.3) is 0 Å². The van der Waals surface area contributed by atoms with Crippen molar-refractivity contribution < 1.29 is 13.9 Å². The molecule has 1 saturated carbocycles. The lowest BCUT2D eigenvalue weighted by Crippen LogP contribution is -2.56. The summed E-state index contributed by atoms with van der Waals surface area (Å²) in [6.45, 7) is 3.40. The zero-order valence-electron chi connectivity index (χ0n) is 13.6. The molecular formula is C18H26F2N2O. The van der Waals surface area contributed by atoms with Crippen molar-refractivity contribution in [1.82, 2.24) is 9.80 Å². The maximum atomic E-state index is 13.9. The largest absolute Gasteiger partial charge is 0.396 e. The van der Waals surface area contributed by atoms with Gasteiger partial charge in [-0.15, -0.1) is 0 Å². The predicted octanol–water partition coefficient (Wildman–Crippen LogP) is 2.78. The number of piperazine rings is 1. The van der Waals surface area contributed by atoms with Gasteiger partial charge in [-0.25, -0.2) is 8.78 Å². The van der Waals surface area contributed by atoms with Crippen LogP contribution in [0, 0.1) is 11.6 Å². The molecule has 3 nitrogen and oxygen atoms in total. The van der Waals surface area contributed by atoms with E-state index in [1.54, 1.807) is 0 Å². The summed E-state index contributed by atoms with van der Waals surface area (Å²) in [5, 5.41) is 9.38. The van der Waals surface area contributed by atoms with Gasteiger partial charge in [0.1, 0.15) is 11.6 Å². The van der Waals surface area contributed by atoms with E-state index in [1.807, 2.05) is 0 Å². The summed E-state index contributed by atoms with van der Waals surface area (Å²) in [6.07, 6.45) is 5.89. The Labute approximate surface area is 136 Å². The molecule has 2 fully saturated rings. The van der Waals surface area contributed by atoms with Gasteiger partial charge in [-0.2, -0.15) is 0 Å². The zero-order chi connectivity index (χ0) is 16.2. The minimum absolute atomic E-state index is 0.187. The Morgan fingerprint density at radius 2 is 1.91 bits per heavy atom. The van der Waals surface area contributed by atoms with Gasteiger partial charge in [0.05, 0.1) is 0 Å². The predicted molar refractivity (Wildman–Crippen MR) is 86.1 cm³/mol. The highest BCUT2D eigenvalue weighted by Gasteiger charge is 2.33. The van der Waals surface area contributed by atoms with Crippen molar-refractivity contribution in [2.45, 2.75) is 50.7 Å². The van der Waals surface area contributed by atoms with Crippen molar-refractivity contribution >= 4 is 0 Å². The molecule has 0 amide bonds. The van der Waals surface area contributed by atoms with Crippen molar-refractivity contribution in [2.24, 2.45) is 0 Å². The summed E-state index contributed by atoms with van der Waals surface area (Å²) in [7, 11) is 0. The average Bonchev–Trinajstić information content (AvgIpc) is 3.05. The average molecular weight is 324 g/mol. The van der Waals surface area contributed by atoms with Crippen LogP contribution in [-0.4, -0.2) is 53.2 Å². The van der Waals surface area contributed by atoms with Crippen molar-refractivity contribution in [2.75, 3.05) is 26.2 Å². The lowest BCUT2D eigenvalue weighted by molar-refractivity contribution is 0.0263. The van der Waals surface area contributed by atoms with E-state index in [0.29, 0.717) is 24.2 Å². The van der Waals surface area contributed by atoms with Crippen molar-refractivity contribution in [1.29, 1.82) is 0 Å². The summed E-state index contributed by atoms with van der Waals surface area (Å²) in [4.78, 5) is 4.78. The van der Waals surface area contributed by atoms with Crippen LogP contribution >= 0.6 is 0 Å². The Hall–Kier alpha value is -1.04. The molecule has 0 bridgehead atoms. The molecule has 1 aliphatic heterocycles. The van der Waals surface area contributed by atoms with Gasteiger partial charge in [0.2, 0.25) is 0 Å². The lowest BCUT2D eigenvalue weighted by Gasteiger charge is -2.44. The Morgan fingerprint density at radius 1 is 1.13 bits per heavy atom. The molecule has 1 atom stereocenters. The Bertz CT molecular complexity index is 520. The molecule has 1 aromatic rings. The Morgan fingerprint density at radius 3 is 2.61 bits per heavy atom. The fourth-order valence-corrected chi connectivity index (χ4v) is 4.09. The monoisotopic (exact) mass is 324 g/mol. The van der Waals surface area contributed by atoms with E-state index in [0.717, 1.165) is 32.1 Å². The van der Waals surface area contributed by atoms with Crippen LogP contribution in [0.4, 0.5) is 8.78 Å². The quantitative estimate of drug-likeness (QED) is 0.902. The molecule has 1 N–H and O–H groups in total. The van der Waals surface area contributed by atoms with E-state index in [1.165, 1.54) is 37.8 Å². The van der Waals surface area contributed by atoms with E-state index in [9.17, 15) is 13.9 Å². The Balaban J connectivity index is 1.64. The number of aliphatic hydroxyl groups excluding tert-OH is 1. The minimum atomic E-state index is -0.532. The standard InChI is InChI=1S/C18H26F2N2O/c19-15-6-5-14(18(20)11-15)12-21-8-9-22(16-3-1-2-4-16)17(13-21)7-10-23/h5-6,11,16-17,23H,1-4,7-10,12-13H2/t17-/m1/s1. The van der Waals surface area contributed by atoms with Gasteiger partial charge in [0.25, 0.3) is 0 Å². The number of aliphatic hydroxyl groups is 1. The number of hydrogen-bond donors (Lipinski definition) is 1. The number of rotatable bonds is 5. The first-order chi connectivity index (χ1) is 11.2. The van der Waals surface area contributed by atoms with Gasteiger partial charge in [-0.1, -0.05) is 18.9 Å². The summed E-state index contributed by atoms with van der Waals surface area (Å²) in [6, 6.07) is 4.79. The molecule has 5 heteroatoms. The zero-order valence-corrected chi connectivity index (χ0v) is 13.6. The van der Waals surface area contributed by atoms with Gasteiger partial charge < -0.3 is 5.11 Å². The van der Waals surface area contributed by atoms with Gasteiger partial charge in [-0.05, 0) is 25.3 Å². The molecule has 128 valence electrons. The van der Waals surface area contributed by atoms with E-state index in [-0.39, 0.29) is 6.61 Å². The van der Waals surface area contributed by atoms with Gasteiger partial charge >= 0.3 is 0 Å². The number of hydrogen-bond acceptors (Lipinski definition) is 3. The SMILES string of the molecule is OCC[C@@H]1CN(Cc2ccc(F)cc2F)CCN1C1CCCC1. The number of benzene rings is 1. The molecular weight excluding hydrogens is 298 g/mol. The van der Waals surface area contributed by atoms with E-state index < -0.39 is 11.6 Å². The van der Waals surface area contributed by atoms with Crippen LogP contribution < -0.4 is 0 Å². The molecule has 1 aliphatic carbocycles. The van der Waals surface area contributed by atoms with Gasteiger partial charge in [0.15, 0.2) is 0 Å². The van der Waals surface area contributed by atoms with Gasteiger partial charge in [-0.3, -0.25) is 9.80 Å². The lowest BCUT2D eigenvalue weighted by atomic mass is 10.0. The molecule has 23 heavy (non-hydrogen) atoms. The second-order valence-corrected chi connectivity index (χ2v) is 6.81. The normalized spacial score (nSPS) is 24.4. The van der Waals surface area contributed by atoms with Crippen molar-refractivity contribution in [3.8, 4) is 0 Å². The number of nitrogens with zero attached hydrogens (tertiary/aromatic N) is 2.